The summed E-state index contributed by atoms with van der Waals surface area (Å²) in [5.74, 6) is 0. The van der Waals surface area contributed by atoms with Crippen LogP contribution in [0.15, 0.2) is 66.2 Å². The van der Waals surface area contributed by atoms with Crippen molar-refractivity contribution in [3.05, 3.63) is 82.9 Å². The zero-order valence-electron chi connectivity index (χ0n) is 14.5. The molecule has 0 saturated carbocycles. The third kappa shape index (κ3) is 5.89. The first-order chi connectivity index (χ1) is 12.0. The summed E-state index contributed by atoms with van der Waals surface area (Å²) in [6, 6.07) is 18.9. The van der Waals surface area contributed by atoms with Gasteiger partial charge >= 0.3 is 6.18 Å². The summed E-state index contributed by atoms with van der Waals surface area (Å²) in [7, 11) is 0. The fourth-order valence-electron chi connectivity index (χ4n) is 3.11. The van der Waals surface area contributed by atoms with E-state index >= 15 is 0 Å². The highest BCUT2D eigenvalue weighted by atomic mass is 35.5. The van der Waals surface area contributed by atoms with E-state index in [9.17, 15) is 13.2 Å². The van der Waals surface area contributed by atoms with Crippen LogP contribution in [0.2, 0.25) is 0 Å². The number of halogens is 4. The van der Waals surface area contributed by atoms with Crippen molar-refractivity contribution in [3.8, 4) is 0 Å². The smallest absolute Gasteiger partial charge is 0.299 e. The Bertz CT molecular complexity index is 708. The van der Waals surface area contributed by atoms with Gasteiger partial charge in [-0.3, -0.25) is 4.90 Å². The van der Waals surface area contributed by atoms with Crippen LogP contribution in [0.4, 0.5) is 13.2 Å². The van der Waals surface area contributed by atoms with Crippen LogP contribution >= 0.6 is 12.4 Å². The van der Waals surface area contributed by atoms with Crippen LogP contribution < -0.4 is 0 Å². The van der Waals surface area contributed by atoms with Gasteiger partial charge in [-0.05, 0) is 36.0 Å². The van der Waals surface area contributed by atoms with E-state index < -0.39 is 6.18 Å². The first-order valence-corrected chi connectivity index (χ1v) is 8.61. The Morgan fingerprint density at radius 3 is 2.04 bits per heavy atom. The second-order valence-corrected chi connectivity index (χ2v) is 6.51. The van der Waals surface area contributed by atoms with E-state index in [-0.39, 0.29) is 24.4 Å². The fourth-order valence-corrected chi connectivity index (χ4v) is 3.11. The van der Waals surface area contributed by atoms with Gasteiger partial charge in [0.15, 0.2) is 0 Å². The number of hydrogen-bond acceptors (Lipinski definition) is 1. The molecule has 2 aromatic rings. The van der Waals surface area contributed by atoms with E-state index in [1.54, 1.807) is 0 Å². The van der Waals surface area contributed by atoms with Gasteiger partial charge in [0.05, 0.1) is 0 Å². The molecule has 1 nitrogen and oxygen atoms in total. The van der Waals surface area contributed by atoms with E-state index in [1.165, 1.54) is 22.8 Å². The molecule has 5 heteroatoms. The van der Waals surface area contributed by atoms with Gasteiger partial charge in [0.25, 0.3) is 0 Å². The van der Waals surface area contributed by atoms with E-state index in [1.807, 2.05) is 18.2 Å². The summed E-state index contributed by atoms with van der Waals surface area (Å²) in [6.07, 6.45) is -0.967. The summed E-state index contributed by atoms with van der Waals surface area (Å²) in [5.41, 5.74) is 3.40. The number of benzene rings is 2. The van der Waals surface area contributed by atoms with Gasteiger partial charge in [-0.2, -0.15) is 13.2 Å². The molecule has 140 valence electrons. The molecule has 1 aliphatic rings. The predicted molar refractivity (Wildman–Crippen MR) is 102 cm³/mol. The topological polar surface area (TPSA) is 3.24 Å². The molecule has 0 amide bonds. The minimum Gasteiger partial charge on any atom is -0.299 e. The molecule has 0 N–H and O–H groups in total. The van der Waals surface area contributed by atoms with Crippen LogP contribution in [0.5, 0.6) is 0 Å². The Kier molecular flexibility index (Phi) is 7.30. The number of alkyl halides is 3. The Morgan fingerprint density at radius 2 is 1.46 bits per heavy atom. The average Bonchev–Trinajstić information content (AvgIpc) is 2.62. The highest BCUT2D eigenvalue weighted by Gasteiger charge is 2.34. The fraction of sp³-hybridized carbons (Fsp3) is 0.333. The molecule has 0 saturated heterocycles. The normalized spacial score (nSPS) is 15.3. The molecule has 0 aliphatic carbocycles. The van der Waals surface area contributed by atoms with Crippen LogP contribution in [-0.2, 0) is 12.8 Å². The quantitative estimate of drug-likeness (QED) is 0.624. The van der Waals surface area contributed by atoms with E-state index in [2.05, 4.69) is 41.3 Å². The van der Waals surface area contributed by atoms with Gasteiger partial charge in [-0.1, -0.05) is 60.7 Å². The standard InChI is InChI=1S/C21H22F3N.ClH/c22-21(23,24)20-11-14-25(15-12-20)13-10-17-6-8-19(9-7-17)16-18-4-2-1-3-5-18;/h1-9,11H,10,12-16H2;1H. The van der Waals surface area contributed by atoms with Crippen LogP contribution in [0.3, 0.4) is 0 Å². The second-order valence-electron chi connectivity index (χ2n) is 6.51. The summed E-state index contributed by atoms with van der Waals surface area (Å²) >= 11 is 0. The Balaban J connectivity index is 0.00000243. The third-order valence-electron chi connectivity index (χ3n) is 4.65. The van der Waals surface area contributed by atoms with E-state index in [4.69, 9.17) is 0 Å². The van der Waals surface area contributed by atoms with Crippen molar-refractivity contribution in [2.45, 2.75) is 25.4 Å². The molecule has 0 radical (unpaired) electrons. The lowest BCUT2D eigenvalue weighted by Crippen LogP contribution is -2.33. The van der Waals surface area contributed by atoms with Crippen molar-refractivity contribution in [1.29, 1.82) is 0 Å². The lowest BCUT2D eigenvalue weighted by molar-refractivity contribution is -0.0959. The van der Waals surface area contributed by atoms with Gasteiger partial charge in [0.2, 0.25) is 0 Å². The van der Waals surface area contributed by atoms with Crippen molar-refractivity contribution < 1.29 is 13.2 Å². The zero-order chi connectivity index (χ0) is 17.7. The van der Waals surface area contributed by atoms with Crippen molar-refractivity contribution in [2.75, 3.05) is 19.6 Å². The third-order valence-corrected chi connectivity index (χ3v) is 4.65. The van der Waals surface area contributed by atoms with Crippen LogP contribution in [-0.4, -0.2) is 30.7 Å². The van der Waals surface area contributed by atoms with E-state index in [0.717, 1.165) is 19.4 Å². The summed E-state index contributed by atoms with van der Waals surface area (Å²) < 4.78 is 37.9. The van der Waals surface area contributed by atoms with Crippen LogP contribution in [0.25, 0.3) is 0 Å². The molecular weight excluding hydrogens is 359 g/mol. The molecule has 0 fully saturated rings. The van der Waals surface area contributed by atoms with Gasteiger partial charge in [0, 0.05) is 25.2 Å². The molecular formula is C21H23ClF3N. The molecule has 0 atom stereocenters. The summed E-state index contributed by atoms with van der Waals surface area (Å²) in [4.78, 5) is 2.08. The van der Waals surface area contributed by atoms with Crippen molar-refractivity contribution in [3.63, 3.8) is 0 Å². The van der Waals surface area contributed by atoms with Gasteiger partial charge in [-0.25, -0.2) is 0 Å². The maximum absolute atomic E-state index is 12.6. The zero-order valence-corrected chi connectivity index (χ0v) is 15.3. The number of hydrogen-bond donors (Lipinski definition) is 0. The molecule has 3 rings (SSSR count). The average molecular weight is 382 g/mol. The first kappa shape index (κ1) is 20.5. The molecule has 0 spiro atoms. The molecule has 0 aromatic heterocycles. The maximum atomic E-state index is 12.6. The summed E-state index contributed by atoms with van der Waals surface area (Å²) in [6.45, 7) is 1.66. The maximum Gasteiger partial charge on any atom is 0.412 e. The Hall–Kier alpha value is -1.78. The molecule has 26 heavy (non-hydrogen) atoms. The van der Waals surface area contributed by atoms with Crippen LogP contribution in [0.1, 0.15) is 23.1 Å². The van der Waals surface area contributed by atoms with Crippen molar-refractivity contribution in [2.24, 2.45) is 0 Å². The lowest BCUT2D eigenvalue weighted by atomic mass is 10.0. The van der Waals surface area contributed by atoms with Crippen molar-refractivity contribution >= 4 is 12.4 Å². The minimum absolute atomic E-state index is 0. The number of nitrogens with zero attached hydrogens (tertiary/aromatic N) is 1. The first-order valence-electron chi connectivity index (χ1n) is 8.61. The highest BCUT2D eigenvalue weighted by Crippen LogP contribution is 2.30. The molecule has 1 heterocycles. The minimum atomic E-state index is -4.17. The van der Waals surface area contributed by atoms with Gasteiger partial charge < -0.3 is 0 Å². The molecule has 1 aliphatic heterocycles. The van der Waals surface area contributed by atoms with Gasteiger partial charge in [-0.15, -0.1) is 12.4 Å². The Labute approximate surface area is 158 Å². The largest absolute Gasteiger partial charge is 0.412 e. The van der Waals surface area contributed by atoms with Crippen molar-refractivity contribution in [1.82, 2.24) is 4.90 Å². The number of rotatable bonds is 5. The van der Waals surface area contributed by atoms with Gasteiger partial charge in [0.1, 0.15) is 0 Å². The monoisotopic (exact) mass is 381 g/mol. The lowest BCUT2D eigenvalue weighted by Gasteiger charge is -2.27. The summed E-state index contributed by atoms with van der Waals surface area (Å²) in [5, 5.41) is 0. The predicted octanol–water partition coefficient (Wildman–Crippen LogP) is 5.44. The van der Waals surface area contributed by atoms with E-state index in [0.29, 0.717) is 13.1 Å². The van der Waals surface area contributed by atoms with Crippen LogP contribution in [0, 0.1) is 0 Å². The second kappa shape index (κ2) is 9.24. The highest BCUT2D eigenvalue weighted by molar-refractivity contribution is 5.85. The Morgan fingerprint density at radius 1 is 0.846 bits per heavy atom. The molecule has 2 aromatic carbocycles. The molecule has 0 bridgehead atoms. The SMILES string of the molecule is Cl.FC(F)(F)C1=CCN(CCc2ccc(Cc3ccccc3)cc2)CC1. The molecule has 0 unspecified atom stereocenters.